The molecule has 0 amide bonds. The highest BCUT2D eigenvalue weighted by Crippen LogP contribution is 2.31. The fraction of sp³-hybridized carbons (Fsp3) is 0.294. The molecule has 0 aliphatic heterocycles. The minimum Gasteiger partial charge on any atom is -0.394 e. The Kier molecular flexibility index (Phi) is 6.29. The molecule has 0 aromatic heterocycles. The molecule has 0 heterocycles. The highest BCUT2D eigenvalue weighted by atomic mass is 35.5. The van der Waals surface area contributed by atoms with Crippen LogP contribution in [0.2, 0.25) is 5.02 Å². The minimum absolute atomic E-state index is 0.0110. The number of benzene rings is 2. The molecule has 0 saturated carbocycles. The van der Waals surface area contributed by atoms with E-state index in [9.17, 15) is 13.5 Å². The summed E-state index contributed by atoms with van der Waals surface area (Å²) in [5.41, 5.74) is 2.53. The number of hydrogen-bond acceptors (Lipinski definition) is 5. The number of aliphatic hydroxyl groups is 2. The van der Waals surface area contributed by atoms with Gasteiger partial charge in [-0.2, -0.15) is 0 Å². The number of aliphatic hydroxyl groups excluding tert-OH is 2. The van der Waals surface area contributed by atoms with Gasteiger partial charge in [-0.15, -0.1) is 0 Å². The van der Waals surface area contributed by atoms with Crippen molar-refractivity contribution in [3.05, 3.63) is 52.5 Å². The lowest BCUT2D eigenvalue weighted by molar-refractivity contribution is 0.105. The molecule has 0 spiro atoms. The number of halogens is 1. The average Bonchev–Trinajstić information content (AvgIpc) is 2.54. The second kappa shape index (κ2) is 8.05. The largest absolute Gasteiger partial charge is 0.394 e. The zero-order chi connectivity index (χ0) is 18.6. The molecule has 1 unspecified atom stereocenters. The SMILES string of the molecule is Cc1ccc(NS(=O)(=O)c2c(Cl)cccc2NCC(O)CO)c(C)c1. The minimum atomic E-state index is -3.95. The molecule has 2 aromatic rings. The Balaban J connectivity index is 2.38. The van der Waals surface area contributed by atoms with Gasteiger partial charge in [-0.25, -0.2) is 8.42 Å². The van der Waals surface area contributed by atoms with Gasteiger partial charge in [0, 0.05) is 6.54 Å². The molecule has 4 N–H and O–H groups in total. The Morgan fingerprint density at radius 3 is 2.52 bits per heavy atom. The first-order valence-corrected chi connectivity index (χ1v) is 9.52. The van der Waals surface area contributed by atoms with Crippen molar-refractivity contribution in [3.8, 4) is 0 Å². The molecule has 2 aromatic carbocycles. The lowest BCUT2D eigenvalue weighted by atomic mass is 10.1. The van der Waals surface area contributed by atoms with Gasteiger partial charge in [0.2, 0.25) is 0 Å². The highest BCUT2D eigenvalue weighted by Gasteiger charge is 2.23. The molecule has 0 radical (unpaired) electrons. The summed E-state index contributed by atoms with van der Waals surface area (Å²) >= 11 is 6.12. The summed E-state index contributed by atoms with van der Waals surface area (Å²) in [6.07, 6.45) is -1.01. The molecule has 0 saturated heterocycles. The summed E-state index contributed by atoms with van der Waals surface area (Å²) in [6.45, 7) is 3.29. The van der Waals surface area contributed by atoms with Gasteiger partial charge in [0.15, 0.2) is 0 Å². The molecule has 8 heteroatoms. The zero-order valence-electron chi connectivity index (χ0n) is 14.0. The van der Waals surface area contributed by atoms with E-state index in [0.29, 0.717) is 5.69 Å². The summed E-state index contributed by atoms with van der Waals surface area (Å²) in [7, 11) is -3.95. The lowest BCUT2D eigenvalue weighted by Gasteiger charge is -2.17. The normalized spacial score (nSPS) is 12.7. The first kappa shape index (κ1) is 19.5. The van der Waals surface area contributed by atoms with E-state index in [0.717, 1.165) is 11.1 Å². The zero-order valence-corrected chi connectivity index (χ0v) is 15.5. The van der Waals surface area contributed by atoms with Crippen LogP contribution < -0.4 is 10.0 Å². The van der Waals surface area contributed by atoms with E-state index >= 15 is 0 Å². The average molecular weight is 385 g/mol. The number of sulfonamides is 1. The predicted molar refractivity (Wildman–Crippen MR) is 99.8 cm³/mol. The van der Waals surface area contributed by atoms with Crippen LogP contribution in [0.1, 0.15) is 11.1 Å². The summed E-state index contributed by atoms with van der Waals surface area (Å²) < 4.78 is 28.2. The van der Waals surface area contributed by atoms with Crippen LogP contribution in [0.15, 0.2) is 41.3 Å². The van der Waals surface area contributed by atoms with Crippen LogP contribution in [0.25, 0.3) is 0 Å². The third kappa shape index (κ3) is 4.85. The van der Waals surface area contributed by atoms with Crippen LogP contribution in [-0.2, 0) is 10.0 Å². The van der Waals surface area contributed by atoms with Gasteiger partial charge in [-0.3, -0.25) is 4.72 Å². The molecule has 0 aliphatic carbocycles. The molecule has 0 aliphatic rings. The van der Waals surface area contributed by atoms with Gasteiger partial charge in [-0.05, 0) is 37.6 Å². The van der Waals surface area contributed by atoms with Gasteiger partial charge < -0.3 is 15.5 Å². The van der Waals surface area contributed by atoms with E-state index in [-0.39, 0.29) is 22.2 Å². The Morgan fingerprint density at radius 2 is 1.88 bits per heavy atom. The smallest absolute Gasteiger partial charge is 0.265 e. The standard InChI is InChI=1S/C17H21ClN2O4S/c1-11-6-7-15(12(2)8-11)20-25(23,24)17-14(18)4-3-5-16(17)19-9-13(22)10-21/h3-8,13,19-22H,9-10H2,1-2H3. The van der Waals surface area contributed by atoms with E-state index < -0.39 is 22.7 Å². The Labute approximate surface area is 152 Å². The van der Waals surface area contributed by atoms with Crippen molar-refractivity contribution < 1.29 is 18.6 Å². The molecular weight excluding hydrogens is 364 g/mol. The van der Waals surface area contributed by atoms with Crippen LogP contribution >= 0.6 is 11.6 Å². The topological polar surface area (TPSA) is 98.7 Å². The van der Waals surface area contributed by atoms with Gasteiger partial charge in [0.25, 0.3) is 10.0 Å². The van der Waals surface area contributed by atoms with Crippen LogP contribution in [0.3, 0.4) is 0 Å². The third-order valence-corrected chi connectivity index (χ3v) is 5.49. The summed E-state index contributed by atoms with van der Waals surface area (Å²) in [5, 5.41) is 21.2. The fourth-order valence-electron chi connectivity index (χ4n) is 2.34. The Morgan fingerprint density at radius 1 is 1.16 bits per heavy atom. The van der Waals surface area contributed by atoms with Crippen LogP contribution in [0.5, 0.6) is 0 Å². The van der Waals surface area contributed by atoms with Crippen molar-refractivity contribution in [1.29, 1.82) is 0 Å². The molecule has 2 rings (SSSR count). The summed E-state index contributed by atoms with van der Waals surface area (Å²) in [5.74, 6) is 0. The van der Waals surface area contributed by atoms with E-state index in [1.807, 2.05) is 26.0 Å². The van der Waals surface area contributed by atoms with Crippen LogP contribution in [0.4, 0.5) is 11.4 Å². The summed E-state index contributed by atoms with van der Waals surface area (Å²) in [4.78, 5) is -0.109. The third-order valence-electron chi connectivity index (χ3n) is 3.60. The van der Waals surface area contributed by atoms with Crippen molar-refractivity contribution in [2.75, 3.05) is 23.2 Å². The summed E-state index contributed by atoms with van der Waals surface area (Å²) in [6, 6.07) is 10.0. The van der Waals surface area contributed by atoms with Crippen molar-refractivity contribution in [2.24, 2.45) is 0 Å². The first-order valence-electron chi connectivity index (χ1n) is 7.66. The van der Waals surface area contributed by atoms with E-state index in [4.69, 9.17) is 16.7 Å². The molecule has 0 fully saturated rings. The van der Waals surface area contributed by atoms with Gasteiger partial charge >= 0.3 is 0 Å². The van der Waals surface area contributed by atoms with Crippen molar-refractivity contribution in [3.63, 3.8) is 0 Å². The predicted octanol–water partition coefficient (Wildman–Crippen LogP) is 2.52. The number of anilines is 2. The second-order valence-electron chi connectivity index (χ2n) is 5.76. The lowest BCUT2D eigenvalue weighted by Crippen LogP contribution is -2.24. The Hall–Kier alpha value is -1.80. The maximum absolute atomic E-state index is 12.8. The quantitative estimate of drug-likeness (QED) is 0.588. The molecule has 136 valence electrons. The van der Waals surface area contributed by atoms with Crippen molar-refractivity contribution >= 4 is 33.0 Å². The van der Waals surface area contributed by atoms with Gasteiger partial charge in [-0.1, -0.05) is 35.4 Å². The molecule has 0 bridgehead atoms. The molecule has 6 nitrogen and oxygen atoms in total. The van der Waals surface area contributed by atoms with Crippen LogP contribution in [-0.4, -0.2) is 37.9 Å². The van der Waals surface area contributed by atoms with E-state index in [1.165, 1.54) is 6.07 Å². The van der Waals surface area contributed by atoms with Crippen molar-refractivity contribution in [1.82, 2.24) is 0 Å². The number of hydrogen-bond donors (Lipinski definition) is 4. The number of aryl methyl sites for hydroxylation is 2. The maximum Gasteiger partial charge on any atom is 0.265 e. The van der Waals surface area contributed by atoms with Crippen molar-refractivity contribution in [2.45, 2.75) is 24.8 Å². The molecule has 1 atom stereocenters. The monoisotopic (exact) mass is 384 g/mol. The highest BCUT2D eigenvalue weighted by molar-refractivity contribution is 7.93. The fourth-order valence-corrected chi connectivity index (χ4v) is 4.19. The molecule has 25 heavy (non-hydrogen) atoms. The van der Waals surface area contributed by atoms with Gasteiger partial charge in [0.1, 0.15) is 4.90 Å². The first-order chi connectivity index (χ1) is 11.7. The number of rotatable bonds is 7. The molecular formula is C17H21ClN2O4S. The van der Waals surface area contributed by atoms with Crippen LogP contribution in [0, 0.1) is 13.8 Å². The van der Waals surface area contributed by atoms with E-state index in [2.05, 4.69) is 10.0 Å². The van der Waals surface area contributed by atoms with Gasteiger partial charge in [0.05, 0.1) is 29.1 Å². The maximum atomic E-state index is 12.8. The number of nitrogens with one attached hydrogen (secondary N) is 2. The second-order valence-corrected chi connectivity index (χ2v) is 7.78. The Bertz CT molecular complexity index is 856. The van der Waals surface area contributed by atoms with E-state index in [1.54, 1.807) is 18.2 Å².